The Bertz CT molecular complexity index is 1460. The Morgan fingerprint density at radius 2 is 1.97 bits per heavy atom. The van der Waals surface area contributed by atoms with E-state index < -0.39 is 34.5 Å². The second-order valence-electron chi connectivity index (χ2n) is 8.55. The van der Waals surface area contributed by atoms with Crippen molar-refractivity contribution in [1.82, 2.24) is 23.7 Å². The summed E-state index contributed by atoms with van der Waals surface area (Å²) in [7, 11) is 1.86. The van der Waals surface area contributed by atoms with Crippen LogP contribution >= 0.6 is 0 Å². The highest BCUT2D eigenvalue weighted by atomic mass is 19.4. The van der Waals surface area contributed by atoms with Crippen molar-refractivity contribution in [1.29, 1.82) is 0 Å². The van der Waals surface area contributed by atoms with E-state index in [0.717, 1.165) is 52.0 Å². The first-order chi connectivity index (χ1) is 16.1. The molecule has 1 aliphatic carbocycles. The van der Waals surface area contributed by atoms with Crippen molar-refractivity contribution in [3.8, 4) is 5.69 Å². The number of rotatable bonds is 5. The topological polar surface area (TPSA) is 94.4 Å². The maximum absolute atomic E-state index is 13.7. The molecule has 11 heteroatoms. The van der Waals surface area contributed by atoms with E-state index in [1.807, 2.05) is 17.7 Å². The average molecular weight is 471 g/mol. The van der Waals surface area contributed by atoms with Gasteiger partial charge in [0.15, 0.2) is 0 Å². The lowest BCUT2D eigenvalue weighted by atomic mass is 9.72. The maximum atomic E-state index is 13.7. The van der Waals surface area contributed by atoms with E-state index in [1.54, 1.807) is 24.5 Å². The summed E-state index contributed by atoms with van der Waals surface area (Å²) < 4.78 is 44.7. The highest BCUT2D eigenvalue weighted by Gasteiger charge is 2.36. The fourth-order valence-corrected chi connectivity index (χ4v) is 4.56. The number of halogens is 3. The monoisotopic (exact) mass is 471 g/mol. The average Bonchev–Trinajstić information content (AvgIpc) is 3.32. The molecule has 3 heterocycles. The van der Waals surface area contributed by atoms with E-state index in [9.17, 15) is 27.9 Å². The largest absolute Gasteiger partial charge is 0.478 e. The Hall–Kier alpha value is -3.89. The third-order valence-corrected chi connectivity index (χ3v) is 6.47. The quantitative estimate of drug-likeness (QED) is 0.477. The number of hydrogen-bond donors (Lipinski definition) is 1. The number of aromatic nitrogens is 5. The summed E-state index contributed by atoms with van der Waals surface area (Å²) in [6, 6.07) is 7.59. The number of hydrogen-bond acceptors (Lipinski definition) is 4. The number of carboxylic acids is 1. The maximum Gasteiger partial charge on any atom is 0.418 e. The first-order valence-corrected chi connectivity index (χ1v) is 10.7. The van der Waals surface area contributed by atoms with Crippen LogP contribution in [0.3, 0.4) is 0 Å². The smallest absolute Gasteiger partial charge is 0.418 e. The van der Waals surface area contributed by atoms with E-state index in [-0.39, 0.29) is 5.92 Å². The molecule has 0 aliphatic heterocycles. The van der Waals surface area contributed by atoms with Gasteiger partial charge in [-0.15, -0.1) is 10.2 Å². The number of benzene rings is 1. The fraction of sp³-hybridized carbons (Fsp3) is 0.304. The van der Waals surface area contributed by atoms with Gasteiger partial charge in [0.2, 0.25) is 0 Å². The minimum atomic E-state index is -4.84. The van der Waals surface area contributed by atoms with Gasteiger partial charge in [-0.1, -0.05) is 18.6 Å². The molecule has 0 bridgehead atoms. The molecule has 0 amide bonds. The number of carboxylic acid groups (broad SMARTS) is 1. The van der Waals surface area contributed by atoms with Crippen molar-refractivity contribution < 1.29 is 23.1 Å². The van der Waals surface area contributed by atoms with Gasteiger partial charge in [0.25, 0.3) is 0 Å². The number of aromatic carboxylic acids is 1. The zero-order valence-electron chi connectivity index (χ0n) is 18.0. The summed E-state index contributed by atoms with van der Waals surface area (Å²) in [6.07, 6.45) is 1.93. The van der Waals surface area contributed by atoms with Crippen LogP contribution in [0.2, 0.25) is 0 Å². The fourth-order valence-electron chi connectivity index (χ4n) is 4.56. The van der Waals surface area contributed by atoms with Gasteiger partial charge in [-0.25, -0.2) is 9.59 Å². The van der Waals surface area contributed by atoms with E-state index in [0.29, 0.717) is 17.7 Å². The standard InChI is InChI=1S/C23H20F3N5O3/c1-29-12-27-28-20(29)19(13-4-2-5-13)14-6-3-7-16(8-14)30-11-18-17(23(24,25)26)9-15(21(32)33)10-31(18)22(30)34/h3,6-13,19H,2,4-5H2,1H3,(H,32,33)/t19-/m1/s1. The van der Waals surface area contributed by atoms with Gasteiger partial charge in [0.05, 0.1) is 22.3 Å². The molecule has 0 saturated heterocycles. The Morgan fingerprint density at radius 3 is 2.56 bits per heavy atom. The van der Waals surface area contributed by atoms with Gasteiger partial charge in [0.1, 0.15) is 12.2 Å². The van der Waals surface area contributed by atoms with Crippen LogP contribution in [0.1, 0.15) is 52.5 Å². The number of fused-ring (bicyclic) bond motifs is 1. The number of nitrogens with zero attached hydrogens (tertiary/aromatic N) is 5. The van der Waals surface area contributed by atoms with Crippen LogP contribution in [0.4, 0.5) is 13.2 Å². The molecule has 34 heavy (non-hydrogen) atoms. The van der Waals surface area contributed by atoms with E-state index >= 15 is 0 Å². The molecule has 1 aliphatic rings. The van der Waals surface area contributed by atoms with Crippen LogP contribution in [0.25, 0.3) is 11.2 Å². The second-order valence-corrected chi connectivity index (χ2v) is 8.55. The lowest BCUT2D eigenvalue weighted by Gasteiger charge is -2.33. The Morgan fingerprint density at radius 1 is 1.21 bits per heavy atom. The lowest BCUT2D eigenvalue weighted by Crippen LogP contribution is -2.24. The lowest BCUT2D eigenvalue weighted by molar-refractivity contribution is -0.136. The zero-order valence-corrected chi connectivity index (χ0v) is 18.0. The van der Waals surface area contributed by atoms with E-state index in [2.05, 4.69) is 10.2 Å². The van der Waals surface area contributed by atoms with Crippen LogP contribution in [0.15, 0.2) is 53.8 Å². The first kappa shape index (κ1) is 21.9. The third kappa shape index (κ3) is 3.57. The molecule has 1 fully saturated rings. The summed E-state index contributed by atoms with van der Waals surface area (Å²) in [6.45, 7) is 0. The van der Waals surface area contributed by atoms with Crippen molar-refractivity contribution in [3.63, 3.8) is 0 Å². The molecule has 5 rings (SSSR count). The van der Waals surface area contributed by atoms with Gasteiger partial charge < -0.3 is 9.67 Å². The molecular formula is C23H20F3N5O3. The van der Waals surface area contributed by atoms with E-state index in [4.69, 9.17) is 0 Å². The van der Waals surface area contributed by atoms with Crippen molar-refractivity contribution in [2.45, 2.75) is 31.4 Å². The van der Waals surface area contributed by atoms with Crippen molar-refractivity contribution in [2.24, 2.45) is 13.0 Å². The number of carbonyl (C=O) groups is 1. The van der Waals surface area contributed by atoms with Crippen LogP contribution in [-0.4, -0.2) is 34.8 Å². The molecule has 0 unspecified atom stereocenters. The van der Waals surface area contributed by atoms with Crippen molar-refractivity contribution in [2.75, 3.05) is 0 Å². The van der Waals surface area contributed by atoms with Gasteiger partial charge >= 0.3 is 17.8 Å². The highest BCUT2D eigenvalue weighted by Crippen LogP contribution is 2.43. The predicted molar refractivity (Wildman–Crippen MR) is 115 cm³/mol. The highest BCUT2D eigenvalue weighted by molar-refractivity contribution is 5.88. The normalized spacial score (nSPS) is 15.4. The van der Waals surface area contributed by atoms with Gasteiger partial charge in [-0.2, -0.15) is 13.2 Å². The molecule has 0 spiro atoms. The van der Waals surface area contributed by atoms with Crippen LogP contribution in [-0.2, 0) is 13.2 Å². The minimum Gasteiger partial charge on any atom is -0.478 e. The number of alkyl halides is 3. The molecule has 4 aromatic rings. The Kier molecular flexibility index (Phi) is 5.07. The third-order valence-electron chi connectivity index (χ3n) is 6.47. The molecule has 8 nitrogen and oxygen atoms in total. The summed E-state index contributed by atoms with van der Waals surface area (Å²) in [5, 5.41) is 17.5. The van der Waals surface area contributed by atoms with Gasteiger partial charge in [-0.3, -0.25) is 8.97 Å². The number of aryl methyl sites for hydroxylation is 1. The molecule has 0 radical (unpaired) electrons. The second kappa shape index (κ2) is 7.86. The zero-order chi connectivity index (χ0) is 24.2. The number of imidazole rings is 1. The summed E-state index contributed by atoms with van der Waals surface area (Å²) >= 11 is 0. The van der Waals surface area contributed by atoms with Crippen molar-refractivity contribution in [3.05, 3.63) is 82.1 Å². The van der Waals surface area contributed by atoms with Crippen LogP contribution in [0.5, 0.6) is 0 Å². The summed E-state index contributed by atoms with van der Waals surface area (Å²) in [5.41, 5.74) is -1.77. The van der Waals surface area contributed by atoms with Gasteiger partial charge in [0, 0.05) is 25.4 Å². The van der Waals surface area contributed by atoms with Crippen LogP contribution < -0.4 is 5.69 Å². The van der Waals surface area contributed by atoms with Gasteiger partial charge in [-0.05, 0) is 42.5 Å². The SMILES string of the molecule is Cn1cnnc1[C@@H](c1cccc(-n2cc3c(C(F)(F)F)cc(C(=O)O)cn3c2=O)c1)C1CCC1. The summed E-state index contributed by atoms with van der Waals surface area (Å²) in [5.74, 6) is -0.501. The van der Waals surface area contributed by atoms with Crippen LogP contribution in [0, 0.1) is 5.92 Å². The molecule has 1 atom stereocenters. The number of pyridine rings is 1. The van der Waals surface area contributed by atoms with Crippen molar-refractivity contribution >= 4 is 11.5 Å². The Balaban J connectivity index is 1.67. The molecule has 1 aromatic carbocycles. The minimum absolute atomic E-state index is 0.0710. The van der Waals surface area contributed by atoms with E-state index in [1.165, 1.54) is 0 Å². The summed E-state index contributed by atoms with van der Waals surface area (Å²) in [4.78, 5) is 24.5. The molecule has 3 aromatic heterocycles. The molecule has 1 saturated carbocycles. The molecular weight excluding hydrogens is 451 g/mol. The molecule has 1 N–H and O–H groups in total. The molecule has 176 valence electrons. The Labute approximate surface area is 190 Å². The first-order valence-electron chi connectivity index (χ1n) is 10.7. The predicted octanol–water partition coefficient (Wildman–Crippen LogP) is 3.87.